The normalized spacial score (nSPS) is 14.6. The third kappa shape index (κ3) is 6.82. The van der Waals surface area contributed by atoms with Crippen LogP contribution in [0.4, 0.5) is 0 Å². The van der Waals surface area contributed by atoms with Gasteiger partial charge in [0.05, 0.1) is 13.0 Å². The maximum Gasteiger partial charge on any atom is 0.257 e. The molecule has 136 valence electrons. The van der Waals surface area contributed by atoms with Crippen molar-refractivity contribution >= 4 is 17.7 Å². The summed E-state index contributed by atoms with van der Waals surface area (Å²) in [6, 6.07) is 7.54. The van der Waals surface area contributed by atoms with Crippen molar-refractivity contribution in [3.8, 4) is 5.75 Å². The van der Waals surface area contributed by atoms with E-state index in [1.807, 2.05) is 31.2 Å². The molecule has 3 amide bonds. The van der Waals surface area contributed by atoms with Crippen molar-refractivity contribution in [2.24, 2.45) is 0 Å². The van der Waals surface area contributed by atoms with Crippen molar-refractivity contribution in [1.29, 1.82) is 0 Å². The van der Waals surface area contributed by atoms with E-state index < -0.39 is 5.91 Å². The van der Waals surface area contributed by atoms with E-state index in [4.69, 9.17) is 4.74 Å². The molecule has 7 heteroatoms. The second-order valence-corrected chi connectivity index (χ2v) is 6.13. The van der Waals surface area contributed by atoms with Gasteiger partial charge in [-0.15, -0.1) is 0 Å². The van der Waals surface area contributed by atoms with Gasteiger partial charge in [-0.1, -0.05) is 24.1 Å². The van der Waals surface area contributed by atoms with Crippen molar-refractivity contribution < 1.29 is 19.1 Å². The summed E-state index contributed by atoms with van der Waals surface area (Å²) in [6.45, 7) is 2.76. The van der Waals surface area contributed by atoms with E-state index in [1.54, 1.807) is 0 Å². The third-order valence-corrected chi connectivity index (χ3v) is 3.97. The number of ether oxygens (including phenoxy) is 1. The van der Waals surface area contributed by atoms with Gasteiger partial charge in [-0.25, -0.2) is 0 Å². The van der Waals surface area contributed by atoms with Gasteiger partial charge in [-0.3, -0.25) is 25.2 Å². The summed E-state index contributed by atoms with van der Waals surface area (Å²) in [7, 11) is 0. The Bertz CT molecular complexity index is 601. The number of amides is 3. The Hall–Kier alpha value is -2.57. The van der Waals surface area contributed by atoms with E-state index in [-0.39, 0.29) is 31.4 Å². The predicted octanol–water partition coefficient (Wildman–Crippen LogP) is 1.31. The molecule has 0 aromatic heterocycles. The Morgan fingerprint density at radius 3 is 2.56 bits per heavy atom. The van der Waals surface area contributed by atoms with Crippen LogP contribution in [0, 0.1) is 6.92 Å². The summed E-state index contributed by atoms with van der Waals surface area (Å²) in [6.07, 6.45) is 3.38. The first kappa shape index (κ1) is 18.8. The number of likely N-dealkylation sites (tertiary alicyclic amines) is 1. The standard InChI is InChI=1S/C18H25N3O4/c1-14-6-8-15(9-7-14)25-12-10-16(22)19-20-17(23)13-21-11-4-2-3-5-18(21)24/h6-9H,2-5,10-13H2,1H3,(H,19,22)(H,20,23). The maximum atomic E-state index is 11.8. The molecule has 0 aliphatic carbocycles. The average molecular weight is 347 g/mol. The fourth-order valence-corrected chi connectivity index (χ4v) is 2.52. The minimum atomic E-state index is -0.400. The molecule has 1 aromatic rings. The minimum absolute atomic E-state index is 0.00882. The molecule has 7 nitrogen and oxygen atoms in total. The zero-order valence-corrected chi connectivity index (χ0v) is 14.5. The Kier molecular flexibility index (Phi) is 7.25. The van der Waals surface area contributed by atoms with Gasteiger partial charge in [-0.05, 0) is 31.9 Å². The summed E-state index contributed by atoms with van der Waals surface area (Å²) in [5.41, 5.74) is 5.82. The van der Waals surface area contributed by atoms with Crippen LogP contribution in [0.15, 0.2) is 24.3 Å². The molecule has 2 N–H and O–H groups in total. The number of hydrogen-bond acceptors (Lipinski definition) is 4. The van der Waals surface area contributed by atoms with E-state index in [1.165, 1.54) is 4.90 Å². The van der Waals surface area contributed by atoms with Crippen LogP contribution in [-0.4, -0.2) is 42.3 Å². The van der Waals surface area contributed by atoms with Crippen LogP contribution < -0.4 is 15.6 Å². The molecule has 1 heterocycles. The second kappa shape index (κ2) is 9.66. The fraction of sp³-hybridized carbons (Fsp3) is 0.500. The van der Waals surface area contributed by atoms with Crippen molar-refractivity contribution in [3.63, 3.8) is 0 Å². The lowest BCUT2D eigenvalue weighted by Crippen LogP contribution is -2.47. The van der Waals surface area contributed by atoms with Crippen LogP contribution >= 0.6 is 0 Å². The molecule has 1 aromatic carbocycles. The Morgan fingerprint density at radius 1 is 1.08 bits per heavy atom. The molecule has 25 heavy (non-hydrogen) atoms. The second-order valence-electron chi connectivity index (χ2n) is 6.13. The fourth-order valence-electron chi connectivity index (χ4n) is 2.52. The topological polar surface area (TPSA) is 87.7 Å². The molecule has 1 fully saturated rings. The molecular formula is C18H25N3O4. The van der Waals surface area contributed by atoms with E-state index in [9.17, 15) is 14.4 Å². The quantitative estimate of drug-likeness (QED) is 0.760. The van der Waals surface area contributed by atoms with Gasteiger partial charge in [0.2, 0.25) is 11.8 Å². The number of aryl methyl sites for hydroxylation is 1. The Morgan fingerprint density at radius 2 is 1.80 bits per heavy atom. The van der Waals surface area contributed by atoms with Crippen molar-refractivity contribution in [2.75, 3.05) is 19.7 Å². The molecule has 1 saturated heterocycles. The predicted molar refractivity (Wildman–Crippen MR) is 92.6 cm³/mol. The molecule has 0 spiro atoms. The number of rotatable bonds is 6. The first-order valence-electron chi connectivity index (χ1n) is 8.59. The molecule has 1 aliphatic rings. The number of carbonyl (C=O) groups excluding carboxylic acids is 3. The van der Waals surface area contributed by atoms with Crippen LogP contribution in [0.3, 0.4) is 0 Å². The lowest BCUT2D eigenvalue weighted by atomic mass is 10.2. The van der Waals surface area contributed by atoms with Crippen LogP contribution in [0.25, 0.3) is 0 Å². The summed E-state index contributed by atoms with van der Waals surface area (Å²) in [5.74, 6) is -0.0571. The van der Waals surface area contributed by atoms with Crippen molar-refractivity contribution in [2.45, 2.75) is 39.0 Å². The highest BCUT2D eigenvalue weighted by molar-refractivity contribution is 5.86. The van der Waals surface area contributed by atoms with Crippen LogP contribution in [-0.2, 0) is 14.4 Å². The van der Waals surface area contributed by atoms with E-state index in [0.29, 0.717) is 18.7 Å². The van der Waals surface area contributed by atoms with E-state index >= 15 is 0 Å². The van der Waals surface area contributed by atoms with Gasteiger partial charge < -0.3 is 9.64 Å². The van der Waals surface area contributed by atoms with Gasteiger partial charge in [0, 0.05) is 13.0 Å². The molecule has 0 saturated carbocycles. The molecule has 0 radical (unpaired) electrons. The molecule has 0 unspecified atom stereocenters. The number of nitrogens with one attached hydrogen (secondary N) is 2. The largest absolute Gasteiger partial charge is 0.493 e. The van der Waals surface area contributed by atoms with Crippen molar-refractivity contribution in [3.05, 3.63) is 29.8 Å². The van der Waals surface area contributed by atoms with E-state index in [0.717, 1.165) is 24.8 Å². The highest BCUT2D eigenvalue weighted by atomic mass is 16.5. The highest BCUT2D eigenvalue weighted by Crippen LogP contribution is 2.11. The summed E-state index contributed by atoms with van der Waals surface area (Å²) < 4.78 is 5.46. The van der Waals surface area contributed by atoms with Gasteiger partial charge in [-0.2, -0.15) is 0 Å². The number of hydrazine groups is 1. The smallest absolute Gasteiger partial charge is 0.257 e. The molecule has 1 aliphatic heterocycles. The first-order valence-corrected chi connectivity index (χ1v) is 8.59. The van der Waals surface area contributed by atoms with Gasteiger partial charge >= 0.3 is 0 Å². The summed E-state index contributed by atoms with van der Waals surface area (Å²) in [4.78, 5) is 36.9. The number of carbonyl (C=O) groups is 3. The summed E-state index contributed by atoms with van der Waals surface area (Å²) in [5, 5.41) is 0. The lowest BCUT2D eigenvalue weighted by molar-refractivity contribution is -0.136. The van der Waals surface area contributed by atoms with Crippen LogP contribution in [0.2, 0.25) is 0 Å². The number of hydrogen-bond donors (Lipinski definition) is 2. The van der Waals surface area contributed by atoms with Crippen LogP contribution in [0.1, 0.15) is 37.7 Å². The van der Waals surface area contributed by atoms with Crippen molar-refractivity contribution in [1.82, 2.24) is 15.8 Å². The minimum Gasteiger partial charge on any atom is -0.493 e. The first-order chi connectivity index (χ1) is 12.0. The monoisotopic (exact) mass is 347 g/mol. The van der Waals surface area contributed by atoms with Crippen LogP contribution in [0.5, 0.6) is 5.75 Å². The lowest BCUT2D eigenvalue weighted by Gasteiger charge is -2.19. The molecule has 0 bridgehead atoms. The maximum absolute atomic E-state index is 11.8. The molecule has 2 rings (SSSR count). The Balaban J connectivity index is 1.62. The SMILES string of the molecule is Cc1ccc(OCCC(=O)NNC(=O)CN2CCCCCC2=O)cc1. The Labute approximate surface area is 147 Å². The number of nitrogens with zero attached hydrogens (tertiary/aromatic N) is 1. The molecule has 0 atom stereocenters. The zero-order valence-electron chi connectivity index (χ0n) is 14.5. The van der Waals surface area contributed by atoms with E-state index in [2.05, 4.69) is 10.9 Å². The number of benzene rings is 1. The average Bonchev–Trinajstić information content (AvgIpc) is 2.79. The highest BCUT2D eigenvalue weighted by Gasteiger charge is 2.19. The van der Waals surface area contributed by atoms with Gasteiger partial charge in [0.1, 0.15) is 12.3 Å². The summed E-state index contributed by atoms with van der Waals surface area (Å²) >= 11 is 0. The third-order valence-electron chi connectivity index (χ3n) is 3.97. The van der Waals surface area contributed by atoms with Gasteiger partial charge in [0.25, 0.3) is 5.91 Å². The molecular weight excluding hydrogens is 322 g/mol. The zero-order chi connectivity index (χ0) is 18.1. The van der Waals surface area contributed by atoms with Gasteiger partial charge in [0.15, 0.2) is 0 Å².